The average Bonchev–Trinajstić information content (AvgIpc) is 3.39. The van der Waals surface area contributed by atoms with E-state index in [2.05, 4.69) is 16.0 Å². The fraction of sp³-hybridized carbons (Fsp3) is 0.524. The number of rotatable bonds is 4. The predicted octanol–water partition coefficient (Wildman–Crippen LogP) is 1.92. The maximum absolute atomic E-state index is 12.5. The number of hydrogen-bond acceptors (Lipinski definition) is 6. The van der Waals surface area contributed by atoms with E-state index < -0.39 is 24.0 Å². The first-order chi connectivity index (χ1) is 14.4. The number of nitrogens with zero attached hydrogens (tertiary/aromatic N) is 1. The van der Waals surface area contributed by atoms with Crippen LogP contribution in [0.4, 0.5) is 16.2 Å². The molecular weight excluding hydrogens is 388 g/mol. The van der Waals surface area contributed by atoms with E-state index in [-0.39, 0.29) is 23.6 Å². The van der Waals surface area contributed by atoms with Gasteiger partial charge in [0.15, 0.2) is 6.10 Å². The van der Waals surface area contributed by atoms with E-state index in [9.17, 15) is 19.2 Å². The first-order valence-corrected chi connectivity index (χ1v) is 10.5. The Labute approximate surface area is 174 Å². The zero-order valence-electron chi connectivity index (χ0n) is 16.9. The fourth-order valence-corrected chi connectivity index (χ4v) is 4.34. The molecular formula is C21H26N4O5. The number of carbonyl (C=O) groups is 4. The average molecular weight is 414 g/mol. The van der Waals surface area contributed by atoms with Gasteiger partial charge in [-0.1, -0.05) is 12.8 Å². The molecule has 1 aromatic carbocycles. The fourth-order valence-electron chi connectivity index (χ4n) is 4.34. The molecule has 0 radical (unpaired) electrons. The molecule has 3 N–H and O–H groups in total. The SMILES string of the molecule is C[C@H](OC(=O)c1ccc2c(c1)NC(=O)[C@@H]1CCCN21)C(=O)NC(=O)NC1CCCC1. The van der Waals surface area contributed by atoms with Crippen molar-refractivity contribution < 1.29 is 23.9 Å². The number of imide groups is 1. The third kappa shape index (κ3) is 4.10. The van der Waals surface area contributed by atoms with E-state index in [1.807, 2.05) is 4.90 Å². The van der Waals surface area contributed by atoms with Crippen LogP contribution in [0.15, 0.2) is 18.2 Å². The van der Waals surface area contributed by atoms with Gasteiger partial charge in [0.05, 0.1) is 16.9 Å². The van der Waals surface area contributed by atoms with Gasteiger partial charge < -0.3 is 20.3 Å². The molecule has 3 aliphatic rings. The molecule has 160 valence electrons. The number of benzene rings is 1. The summed E-state index contributed by atoms with van der Waals surface area (Å²) in [5, 5.41) is 7.81. The first-order valence-electron chi connectivity index (χ1n) is 10.5. The van der Waals surface area contributed by atoms with Crippen molar-refractivity contribution in [3.8, 4) is 0 Å². The van der Waals surface area contributed by atoms with Crippen LogP contribution in [0.2, 0.25) is 0 Å². The molecule has 0 aromatic heterocycles. The zero-order chi connectivity index (χ0) is 21.3. The van der Waals surface area contributed by atoms with E-state index in [1.165, 1.54) is 6.92 Å². The molecule has 2 heterocycles. The minimum Gasteiger partial charge on any atom is -0.449 e. The number of anilines is 2. The van der Waals surface area contributed by atoms with Crippen molar-refractivity contribution in [2.45, 2.75) is 63.6 Å². The molecule has 1 saturated heterocycles. The Morgan fingerprint density at radius 2 is 1.93 bits per heavy atom. The Bertz CT molecular complexity index is 880. The highest BCUT2D eigenvalue weighted by Gasteiger charge is 2.36. The minimum absolute atomic E-state index is 0.0773. The van der Waals surface area contributed by atoms with Crippen LogP contribution in [0.3, 0.4) is 0 Å². The largest absolute Gasteiger partial charge is 0.449 e. The number of esters is 1. The smallest absolute Gasteiger partial charge is 0.338 e. The maximum Gasteiger partial charge on any atom is 0.338 e. The van der Waals surface area contributed by atoms with Gasteiger partial charge in [-0.2, -0.15) is 0 Å². The highest BCUT2D eigenvalue weighted by atomic mass is 16.5. The lowest BCUT2D eigenvalue weighted by molar-refractivity contribution is -0.128. The van der Waals surface area contributed by atoms with Crippen LogP contribution in [0, 0.1) is 0 Å². The summed E-state index contributed by atoms with van der Waals surface area (Å²) in [6, 6.07) is 4.30. The molecule has 2 aliphatic heterocycles. The van der Waals surface area contributed by atoms with Crippen LogP contribution in [0.5, 0.6) is 0 Å². The number of fused-ring (bicyclic) bond motifs is 3. The number of ether oxygens (including phenoxy) is 1. The molecule has 1 aliphatic carbocycles. The molecule has 0 spiro atoms. The van der Waals surface area contributed by atoms with Crippen molar-refractivity contribution in [1.29, 1.82) is 0 Å². The van der Waals surface area contributed by atoms with Crippen LogP contribution in [-0.2, 0) is 14.3 Å². The van der Waals surface area contributed by atoms with Crippen molar-refractivity contribution in [2.75, 3.05) is 16.8 Å². The van der Waals surface area contributed by atoms with E-state index in [0.29, 0.717) is 5.69 Å². The van der Waals surface area contributed by atoms with Gasteiger partial charge in [0.1, 0.15) is 6.04 Å². The van der Waals surface area contributed by atoms with Gasteiger partial charge >= 0.3 is 12.0 Å². The first kappa shape index (κ1) is 20.2. The monoisotopic (exact) mass is 414 g/mol. The second kappa shape index (κ2) is 8.33. The lowest BCUT2D eigenvalue weighted by Gasteiger charge is -2.33. The highest BCUT2D eigenvalue weighted by molar-refractivity contribution is 6.06. The summed E-state index contributed by atoms with van der Waals surface area (Å²) in [6.07, 6.45) is 4.55. The topological polar surface area (TPSA) is 117 Å². The van der Waals surface area contributed by atoms with Gasteiger partial charge in [0, 0.05) is 12.6 Å². The molecule has 0 bridgehead atoms. The van der Waals surface area contributed by atoms with Gasteiger partial charge in [0.2, 0.25) is 5.91 Å². The number of urea groups is 1. The molecule has 30 heavy (non-hydrogen) atoms. The number of amides is 4. The second-order valence-corrected chi connectivity index (χ2v) is 8.06. The molecule has 2 fully saturated rings. The van der Waals surface area contributed by atoms with Crippen molar-refractivity contribution in [2.24, 2.45) is 0 Å². The molecule has 4 amide bonds. The van der Waals surface area contributed by atoms with E-state index in [0.717, 1.165) is 50.8 Å². The lowest BCUT2D eigenvalue weighted by Crippen LogP contribution is -2.47. The summed E-state index contributed by atoms with van der Waals surface area (Å²) in [7, 11) is 0. The van der Waals surface area contributed by atoms with Crippen LogP contribution < -0.4 is 20.9 Å². The van der Waals surface area contributed by atoms with Crippen LogP contribution in [0.1, 0.15) is 55.8 Å². The van der Waals surface area contributed by atoms with Gasteiger partial charge in [-0.15, -0.1) is 0 Å². The van der Waals surface area contributed by atoms with Gasteiger partial charge in [-0.05, 0) is 50.8 Å². The molecule has 9 nitrogen and oxygen atoms in total. The minimum atomic E-state index is -1.14. The summed E-state index contributed by atoms with van der Waals surface area (Å²) >= 11 is 0. The summed E-state index contributed by atoms with van der Waals surface area (Å²) in [5.41, 5.74) is 1.66. The predicted molar refractivity (Wildman–Crippen MR) is 109 cm³/mol. The summed E-state index contributed by atoms with van der Waals surface area (Å²) in [5.74, 6) is -1.47. The quantitative estimate of drug-likeness (QED) is 0.648. The standard InChI is InChI=1S/C21H26N4O5/c1-12(18(26)24-21(29)22-14-5-2-3-6-14)30-20(28)13-8-9-16-15(11-13)23-19(27)17-7-4-10-25(16)17/h8-9,11-12,14,17H,2-7,10H2,1H3,(H,23,27)(H2,22,24,26,29)/t12-,17-/m0/s1. The summed E-state index contributed by atoms with van der Waals surface area (Å²) in [4.78, 5) is 50.9. The Morgan fingerprint density at radius 1 is 1.17 bits per heavy atom. The number of nitrogens with one attached hydrogen (secondary N) is 3. The van der Waals surface area contributed by atoms with Crippen LogP contribution in [0.25, 0.3) is 0 Å². The normalized spacial score (nSPS) is 21.3. The van der Waals surface area contributed by atoms with Crippen LogP contribution >= 0.6 is 0 Å². The molecule has 1 saturated carbocycles. The third-order valence-electron chi connectivity index (χ3n) is 5.94. The molecule has 2 atom stereocenters. The molecule has 9 heteroatoms. The Morgan fingerprint density at radius 3 is 2.70 bits per heavy atom. The van der Waals surface area contributed by atoms with Gasteiger partial charge in [0.25, 0.3) is 5.91 Å². The highest BCUT2D eigenvalue weighted by Crippen LogP contribution is 2.37. The second-order valence-electron chi connectivity index (χ2n) is 8.06. The maximum atomic E-state index is 12.5. The van der Waals surface area contributed by atoms with Crippen molar-refractivity contribution in [3.63, 3.8) is 0 Å². The number of carbonyl (C=O) groups excluding carboxylic acids is 4. The van der Waals surface area contributed by atoms with Gasteiger partial charge in [-0.25, -0.2) is 9.59 Å². The lowest BCUT2D eigenvalue weighted by atomic mass is 10.1. The molecule has 0 unspecified atom stereocenters. The van der Waals surface area contributed by atoms with Crippen molar-refractivity contribution >= 4 is 35.2 Å². The summed E-state index contributed by atoms with van der Waals surface area (Å²) in [6.45, 7) is 2.21. The third-order valence-corrected chi connectivity index (χ3v) is 5.94. The molecule has 1 aromatic rings. The summed E-state index contributed by atoms with van der Waals surface area (Å²) < 4.78 is 5.22. The molecule has 4 rings (SSSR count). The van der Waals surface area contributed by atoms with Crippen LogP contribution in [-0.4, -0.2) is 48.5 Å². The Hall–Kier alpha value is -3.10. The zero-order valence-corrected chi connectivity index (χ0v) is 16.9. The Kier molecular flexibility index (Phi) is 5.61. The van der Waals surface area contributed by atoms with Crippen molar-refractivity contribution in [1.82, 2.24) is 10.6 Å². The van der Waals surface area contributed by atoms with E-state index >= 15 is 0 Å². The van der Waals surface area contributed by atoms with E-state index in [1.54, 1.807) is 18.2 Å². The van der Waals surface area contributed by atoms with Crippen molar-refractivity contribution in [3.05, 3.63) is 23.8 Å². The Balaban J connectivity index is 1.35. The number of hydrogen-bond donors (Lipinski definition) is 3. The van der Waals surface area contributed by atoms with Gasteiger partial charge in [-0.3, -0.25) is 14.9 Å². The van der Waals surface area contributed by atoms with E-state index in [4.69, 9.17) is 4.74 Å².